The van der Waals surface area contributed by atoms with Crippen LogP contribution in [-0.2, 0) is 6.42 Å². The van der Waals surface area contributed by atoms with Crippen molar-refractivity contribution in [3.63, 3.8) is 0 Å². The molecule has 0 radical (unpaired) electrons. The molecule has 2 fully saturated rings. The highest BCUT2D eigenvalue weighted by Crippen LogP contribution is 2.36. The largest absolute Gasteiger partial charge is 0.325 e. The Morgan fingerprint density at radius 3 is 2.75 bits per heavy atom. The van der Waals surface area contributed by atoms with Crippen molar-refractivity contribution in [2.45, 2.75) is 30.7 Å². The van der Waals surface area contributed by atoms with E-state index in [2.05, 4.69) is 36.2 Å². The van der Waals surface area contributed by atoms with Crippen molar-refractivity contribution in [1.82, 2.24) is 4.90 Å². The molecular formula is C14H20N2. The summed E-state index contributed by atoms with van der Waals surface area (Å²) in [6.45, 7) is 2.41. The fraction of sp³-hybridized carbons (Fsp3) is 0.571. The highest BCUT2D eigenvalue weighted by atomic mass is 15.2. The maximum Gasteiger partial charge on any atom is 0.0196 e. The molecule has 1 heterocycles. The fourth-order valence-corrected chi connectivity index (χ4v) is 2.61. The quantitative estimate of drug-likeness (QED) is 0.834. The molecule has 0 bridgehead atoms. The molecule has 16 heavy (non-hydrogen) atoms. The van der Waals surface area contributed by atoms with Crippen LogP contribution in [-0.4, -0.2) is 30.6 Å². The third-order valence-electron chi connectivity index (χ3n) is 3.93. The van der Waals surface area contributed by atoms with E-state index in [-0.39, 0.29) is 5.54 Å². The summed E-state index contributed by atoms with van der Waals surface area (Å²) in [5, 5.41) is 0. The Morgan fingerprint density at radius 2 is 2.12 bits per heavy atom. The van der Waals surface area contributed by atoms with Gasteiger partial charge in [-0.1, -0.05) is 24.3 Å². The topological polar surface area (TPSA) is 29.3 Å². The number of hydrogen-bond acceptors (Lipinski definition) is 2. The maximum atomic E-state index is 6.17. The van der Waals surface area contributed by atoms with Gasteiger partial charge in [0, 0.05) is 24.5 Å². The number of rotatable bonds is 3. The molecule has 1 aliphatic heterocycles. The molecule has 0 unspecified atom stereocenters. The van der Waals surface area contributed by atoms with Crippen LogP contribution in [0.4, 0.5) is 0 Å². The minimum absolute atomic E-state index is 0.134. The van der Waals surface area contributed by atoms with E-state index in [0.29, 0.717) is 0 Å². The fourth-order valence-electron chi connectivity index (χ4n) is 2.61. The first kappa shape index (κ1) is 10.3. The van der Waals surface area contributed by atoms with Gasteiger partial charge in [0.15, 0.2) is 0 Å². The van der Waals surface area contributed by atoms with Crippen LogP contribution in [0.1, 0.15) is 29.9 Å². The summed E-state index contributed by atoms with van der Waals surface area (Å²) < 4.78 is 0. The minimum atomic E-state index is 0.134. The first-order valence-electron chi connectivity index (χ1n) is 6.21. The van der Waals surface area contributed by atoms with E-state index < -0.39 is 0 Å². The molecule has 1 aliphatic carbocycles. The number of nitrogens with two attached hydrogens (primary N) is 1. The smallest absolute Gasteiger partial charge is 0.0196 e. The molecule has 2 N–H and O–H groups in total. The number of benzene rings is 1. The molecule has 1 saturated heterocycles. The molecule has 2 aliphatic rings. The lowest BCUT2D eigenvalue weighted by Gasteiger charge is -2.36. The molecule has 1 saturated carbocycles. The normalized spacial score (nSPS) is 24.1. The average molecular weight is 216 g/mol. The van der Waals surface area contributed by atoms with Gasteiger partial charge in [-0.15, -0.1) is 0 Å². The Balaban J connectivity index is 1.72. The van der Waals surface area contributed by atoms with Crippen molar-refractivity contribution in [2.75, 3.05) is 20.1 Å². The van der Waals surface area contributed by atoms with Crippen LogP contribution in [0.15, 0.2) is 24.3 Å². The van der Waals surface area contributed by atoms with Gasteiger partial charge in [0.05, 0.1) is 0 Å². The highest BCUT2D eigenvalue weighted by molar-refractivity contribution is 5.30. The number of likely N-dealkylation sites (N-methyl/N-ethyl adjacent to an activating group) is 1. The molecule has 86 valence electrons. The zero-order valence-electron chi connectivity index (χ0n) is 9.95. The standard InChI is InChI=1S/C14H20N2/c1-16-9-13(10-16)12-4-2-3-11(7-12)8-14(15)5-6-14/h2-4,7,13H,5-6,8-10,15H2,1H3. The van der Waals surface area contributed by atoms with Crippen molar-refractivity contribution < 1.29 is 0 Å². The van der Waals surface area contributed by atoms with Gasteiger partial charge in [-0.2, -0.15) is 0 Å². The van der Waals surface area contributed by atoms with E-state index in [1.165, 1.54) is 37.1 Å². The van der Waals surface area contributed by atoms with Crippen LogP contribution < -0.4 is 5.73 Å². The molecular weight excluding hydrogens is 196 g/mol. The second-order valence-electron chi connectivity index (χ2n) is 5.70. The summed E-state index contributed by atoms with van der Waals surface area (Å²) in [7, 11) is 2.18. The highest BCUT2D eigenvalue weighted by Gasteiger charge is 2.38. The van der Waals surface area contributed by atoms with Gasteiger partial charge in [-0.3, -0.25) is 0 Å². The summed E-state index contributed by atoms with van der Waals surface area (Å²) >= 11 is 0. The third-order valence-corrected chi connectivity index (χ3v) is 3.93. The Morgan fingerprint density at radius 1 is 1.38 bits per heavy atom. The SMILES string of the molecule is CN1CC(c2cccc(CC3(N)CC3)c2)C1. The Bertz CT molecular complexity index is 389. The third kappa shape index (κ3) is 2.00. The minimum Gasteiger partial charge on any atom is -0.325 e. The van der Waals surface area contributed by atoms with Crippen molar-refractivity contribution in [3.05, 3.63) is 35.4 Å². The second kappa shape index (κ2) is 3.57. The van der Waals surface area contributed by atoms with Gasteiger partial charge in [0.2, 0.25) is 0 Å². The number of likely N-dealkylation sites (tertiary alicyclic amines) is 1. The Labute approximate surface area is 97.4 Å². The van der Waals surface area contributed by atoms with Gasteiger partial charge < -0.3 is 10.6 Å². The van der Waals surface area contributed by atoms with Crippen molar-refractivity contribution in [3.8, 4) is 0 Å². The zero-order valence-corrected chi connectivity index (χ0v) is 9.95. The molecule has 0 aromatic heterocycles. The van der Waals surface area contributed by atoms with Crippen molar-refractivity contribution in [1.29, 1.82) is 0 Å². The van der Waals surface area contributed by atoms with Crippen molar-refractivity contribution in [2.24, 2.45) is 5.73 Å². The van der Waals surface area contributed by atoms with Crippen LogP contribution in [0.5, 0.6) is 0 Å². The summed E-state index contributed by atoms with van der Waals surface area (Å²) in [5.74, 6) is 0.748. The number of hydrogen-bond donors (Lipinski definition) is 1. The van der Waals surface area contributed by atoms with Gasteiger partial charge in [-0.25, -0.2) is 0 Å². The lowest BCUT2D eigenvalue weighted by molar-refractivity contribution is 0.189. The summed E-state index contributed by atoms with van der Waals surface area (Å²) in [5.41, 5.74) is 9.22. The van der Waals surface area contributed by atoms with Gasteiger partial charge in [-0.05, 0) is 37.4 Å². The lowest BCUT2D eigenvalue weighted by Crippen LogP contribution is -2.41. The molecule has 3 rings (SSSR count). The molecule has 2 heteroatoms. The van der Waals surface area contributed by atoms with Crippen LogP contribution in [0.2, 0.25) is 0 Å². The van der Waals surface area contributed by atoms with Gasteiger partial charge in [0.25, 0.3) is 0 Å². The Kier molecular flexibility index (Phi) is 2.30. The van der Waals surface area contributed by atoms with Crippen molar-refractivity contribution >= 4 is 0 Å². The second-order valence-corrected chi connectivity index (χ2v) is 5.70. The molecule has 1 aromatic carbocycles. The summed E-state index contributed by atoms with van der Waals surface area (Å²) in [6.07, 6.45) is 3.45. The van der Waals surface area contributed by atoms with Crippen LogP contribution in [0.3, 0.4) is 0 Å². The first-order valence-corrected chi connectivity index (χ1v) is 6.21. The van der Waals surface area contributed by atoms with E-state index in [0.717, 1.165) is 12.3 Å². The van der Waals surface area contributed by atoms with Gasteiger partial charge in [0.1, 0.15) is 0 Å². The first-order chi connectivity index (χ1) is 7.65. The van der Waals surface area contributed by atoms with Gasteiger partial charge >= 0.3 is 0 Å². The number of nitrogens with zero attached hydrogens (tertiary/aromatic N) is 1. The lowest BCUT2D eigenvalue weighted by atomic mass is 9.90. The van der Waals surface area contributed by atoms with Crippen LogP contribution >= 0.6 is 0 Å². The zero-order chi connectivity index (χ0) is 11.2. The van der Waals surface area contributed by atoms with Crippen LogP contribution in [0.25, 0.3) is 0 Å². The van der Waals surface area contributed by atoms with E-state index in [1.54, 1.807) is 0 Å². The van der Waals surface area contributed by atoms with E-state index in [4.69, 9.17) is 5.73 Å². The summed E-state index contributed by atoms with van der Waals surface area (Å²) in [4.78, 5) is 2.36. The van der Waals surface area contributed by atoms with E-state index in [1.807, 2.05) is 0 Å². The molecule has 2 nitrogen and oxygen atoms in total. The summed E-state index contributed by atoms with van der Waals surface area (Å²) in [6, 6.07) is 9.04. The average Bonchev–Trinajstić information content (AvgIpc) is 2.92. The van der Waals surface area contributed by atoms with E-state index in [9.17, 15) is 0 Å². The molecule has 0 amide bonds. The predicted octanol–water partition coefficient (Wildman–Crippen LogP) is 1.75. The van der Waals surface area contributed by atoms with Crippen LogP contribution in [0, 0.1) is 0 Å². The molecule has 1 aromatic rings. The Hall–Kier alpha value is -0.860. The maximum absolute atomic E-state index is 6.17. The molecule has 0 spiro atoms. The monoisotopic (exact) mass is 216 g/mol. The molecule has 0 atom stereocenters. The van der Waals surface area contributed by atoms with E-state index >= 15 is 0 Å². The predicted molar refractivity (Wildman–Crippen MR) is 66.5 cm³/mol.